The minimum atomic E-state index is -3.67. The summed E-state index contributed by atoms with van der Waals surface area (Å²) in [5.74, 6) is 0.492. The molecule has 0 radical (unpaired) electrons. The minimum Gasteiger partial charge on any atom is -0.370 e. The van der Waals surface area contributed by atoms with E-state index in [0.29, 0.717) is 24.3 Å². The van der Waals surface area contributed by atoms with Crippen molar-refractivity contribution in [2.24, 2.45) is 5.14 Å². The normalized spacial score (nSPS) is 12.4. The second-order valence-corrected chi connectivity index (χ2v) is 7.64. The van der Waals surface area contributed by atoms with Gasteiger partial charge in [0.25, 0.3) is 5.91 Å². The number of nitrogens with one attached hydrogen (secondary N) is 2. The van der Waals surface area contributed by atoms with E-state index in [4.69, 9.17) is 5.14 Å². The van der Waals surface area contributed by atoms with Crippen LogP contribution in [0.25, 0.3) is 0 Å². The van der Waals surface area contributed by atoms with Crippen LogP contribution in [0, 0.1) is 0 Å². The Labute approximate surface area is 154 Å². The molecule has 0 fully saturated rings. The van der Waals surface area contributed by atoms with Crippen LogP contribution in [0.5, 0.6) is 0 Å². The molecule has 1 atom stereocenters. The number of rotatable bonds is 8. The molecule has 26 heavy (non-hydrogen) atoms. The van der Waals surface area contributed by atoms with E-state index in [0.717, 1.165) is 12.0 Å². The molecule has 2 aromatic rings. The maximum atomic E-state index is 12.1. The highest BCUT2D eigenvalue weighted by Gasteiger charge is 2.10. The zero-order chi connectivity index (χ0) is 19.2. The number of sulfonamides is 1. The second-order valence-electron chi connectivity index (χ2n) is 6.08. The third-order valence-corrected chi connectivity index (χ3v) is 4.91. The Morgan fingerprint density at radius 2 is 1.92 bits per heavy atom. The van der Waals surface area contributed by atoms with Crippen LogP contribution < -0.4 is 15.8 Å². The van der Waals surface area contributed by atoms with Crippen molar-refractivity contribution < 1.29 is 13.2 Å². The number of nitrogens with two attached hydrogens (primary N) is 1. The Balaban J connectivity index is 1.92. The molecule has 140 valence electrons. The molecule has 2 rings (SSSR count). The van der Waals surface area contributed by atoms with Crippen LogP contribution in [0.1, 0.15) is 36.2 Å². The maximum Gasteiger partial charge on any atom is 0.251 e. The Bertz CT molecular complexity index is 851. The van der Waals surface area contributed by atoms with E-state index in [1.807, 2.05) is 13.8 Å². The first-order valence-corrected chi connectivity index (χ1v) is 9.96. The molecule has 1 unspecified atom stereocenters. The average molecular weight is 376 g/mol. The Morgan fingerprint density at radius 3 is 2.54 bits per heavy atom. The number of amides is 1. The van der Waals surface area contributed by atoms with Gasteiger partial charge in [0, 0.05) is 24.3 Å². The van der Waals surface area contributed by atoms with E-state index in [2.05, 4.69) is 15.6 Å². The van der Waals surface area contributed by atoms with Crippen molar-refractivity contribution >= 4 is 21.7 Å². The molecule has 0 bridgehead atoms. The lowest BCUT2D eigenvalue weighted by molar-refractivity contribution is 0.0939. The minimum absolute atomic E-state index is 0.0934. The molecule has 1 heterocycles. The molecule has 7 nitrogen and oxygen atoms in total. The first kappa shape index (κ1) is 19.9. The van der Waals surface area contributed by atoms with E-state index < -0.39 is 10.0 Å². The molecule has 8 heteroatoms. The summed E-state index contributed by atoms with van der Waals surface area (Å²) in [6.45, 7) is 4.57. The zero-order valence-electron chi connectivity index (χ0n) is 14.9. The summed E-state index contributed by atoms with van der Waals surface area (Å²) in [7, 11) is -3.67. The smallest absolute Gasteiger partial charge is 0.251 e. The molecule has 1 aromatic carbocycles. The van der Waals surface area contributed by atoms with Gasteiger partial charge >= 0.3 is 0 Å². The highest BCUT2D eigenvalue weighted by Crippen LogP contribution is 2.11. The number of carbonyl (C=O) groups is 1. The number of hydrogen-bond acceptors (Lipinski definition) is 5. The second kappa shape index (κ2) is 8.77. The first-order valence-electron chi connectivity index (χ1n) is 8.42. The van der Waals surface area contributed by atoms with Gasteiger partial charge < -0.3 is 10.6 Å². The average Bonchev–Trinajstić information content (AvgIpc) is 2.61. The van der Waals surface area contributed by atoms with Gasteiger partial charge in [0.05, 0.1) is 4.90 Å². The monoisotopic (exact) mass is 376 g/mol. The molecule has 0 aliphatic rings. The van der Waals surface area contributed by atoms with Crippen LogP contribution in [0.2, 0.25) is 0 Å². The summed E-state index contributed by atoms with van der Waals surface area (Å²) >= 11 is 0. The van der Waals surface area contributed by atoms with Crippen molar-refractivity contribution in [3.63, 3.8) is 0 Å². The summed E-state index contributed by atoms with van der Waals surface area (Å²) in [4.78, 5) is 16.5. The third-order valence-electron chi connectivity index (χ3n) is 3.98. The van der Waals surface area contributed by atoms with E-state index in [1.165, 1.54) is 12.1 Å². The van der Waals surface area contributed by atoms with Crippen LogP contribution >= 0.6 is 0 Å². The predicted molar refractivity (Wildman–Crippen MR) is 101 cm³/mol. The lowest BCUT2D eigenvalue weighted by Gasteiger charge is -2.12. The molecule has 0 aliphatic carbocycles. The number of hydrogen-bond donors (Lipinski definition) is 3. The fourth-order valence-electron chi connectivity index (χ4n) is 2.26. The maximum absolute atomic E-state index is 12.1. The zero-order valence-corrected chi connectivity index (χ0v) is 15.7. The van der Waals surface area contributed by atoms with Crippen molar-refractivity contribution in [2.45, 2.75) is 37.6 Å². The quantitative estimate of drug-likeness (QED) is 0.651. The SMILES string of the molecule is CCC(C)NC(=O)c1ccnc(NCCc2ccc(S(N)(=O)=O)cc2)c1. The van der Waals surface area contributed by atoms with Gasteiger partial charge in [-0.05, 0) is 49.6 Å². The fourth-order valence-corrected chi connectivity index (χ4v) is 2.77. The van der Waals surface area contributed by atoms with Crippen LogP contribution in [-0.4, -0.2) is 31.9 Å². The van der Waals surface area contributed by atoms with Crippen molar-refractivity contribution in [3.05, 3.63) is 53.7 Å². The number of nitrogens with zero attached hydrogens (tertiary/aromatic N) is 1. The van der Waals surface area contributed by atoms with Gasteiger partial charge in [0.1, 0.15) is 5.82 Å². The lowest BCUT2D eigenvalue weighted by atomic mass is 10.1. The summed E-state index contributed by atoms with van der Waals surface area (Å²) < 4.78 is 22.5. The van der Waals surface area contributed by atoms with E-state index in [-0.39, 0.29) is 16.8 Å². The van der Waals surface area contributed by atoms with E-state index in [9.17, 15) is 13.2 Å². The Hall–Kier alpha value is -2.45. The van der Waals surface area contributed by atoms with E-state index >= 15 is 0 Å². The van der Waals surface area contributed by atoms with Gasteiger partial charge in [-0.15, -0.1) is 0 Å². The standard InChI is InChI=1S/C18H24N4O3S/c1-3-13(2)22-18(23)15-9-11-21-17(12-15)20-10-8-14-4-6-16(7-5-14)26(19,24)25/h4-7,9,11-13H,3,8,10H2,1-2H3,(H,20,21)(H,22,23)(H2,19,24,25). The van der Waals surface area contributed by atoms with Gasteiger partial charge in [0.15, 0.2) is 0 Å². The summed E-state index contributed by atoms with van der Waals surface area (Å²) in [5.41, 5.74) is 1.52. The van der Waals surface area contributed by atoms with Crippen LogP contribution in [-0.2, 0) is 16.4 Å². The molecule has 0 saturated carbocycles. The summed E-state index contributed by atoms with van der Waals surface area (Å²) in [5, 5.41) is 11.2. The van der Waals surface area contributed by atoms with Gasteiger partial charge in [-0.3, -0.25) is 4.79 Å². The molecule has 4 N–H and O–H groups in total. The molecule has 1 aromatic heterocycles. The highest BCUT2D eigenvalue weighted by atomic mass is 32.2. The molecule has 0 saturated heterocycles. The third kappa shape index (κ3) is 5.82. The lowest BCUT2D eigenvalue weighted by Crippen LogP contribution is -2.31. The van der Waals surface area contributed by atoms with Gasteiger partial charge in [-0.1, -0.05) is 19.1 Å². The topological polar surface area (TPSA) is 114 Å². The number of aromatic nitrogens is 1. The molecule has 0 spiro atoms. The van der Waals surface area contributed by atoms with Crippen molar-refractivity contribution in [3.8, 4) is 0 Å². The van der Waals surface area contributed by atoms with Crippen molar-refractivity contribution in [1.29, 1.82) is 0 Å². The number of anilines is 1. The number of benzene rings is 1. The summed E-state index contributed by atoms with van der Waals surface area (Å²) in [6, 6.07) is 9.94. The van der Waals surface area contributed by atoms with Crippen molar-refractivity contribution in [2.75, 3.05) is 11.9 Å². The molecule has 1 amide bonds. The number of primary sulfonamides is 1. The van der Waals surface area contributed by atoms with E-state index in [1.54, 1.807) is 30.5 Å². The highest BCUT2D eigenvalue weighted by molar-refractivity contribution is 7.89. The molecule has 0 aliphatic heterocycles. The van der Waals surface area contributed by atoms with Crippen LogP contribution in [0.15, 0.2) is 47.5 Å². The number of carbonyl (C=O) groups excluding carboxylic acids is 1. The first-order chi connectivity index (χ1) is 12.3. The van der Waals surface area contributed by atoms with Crippen LogP contribution in [0.3, 0.4) is 0 Å². The van der Waals surface area contributed by atoms with Gasteiger partial charge in [-0.25, -0.2) is 18.5 Å². The molecular formula is C18H24N4O3S. The van der Waals surface area contributed by atoms with Crippen molar-refractivity contribution in [1.82, 2.24) is 10.3 Å². The fraction of sp³-hybridized carbons (Fsp3) is 0.333. The Morgan fingerprint density at radius 1 is 1.23 bits per heavy atom. The van der Waals surface area contributed by atoms with Gasteiger partial charge in [-0.2, -0.15) is 0 Å². The predicted octanol–water partition coefficient (Wildman–Crippen LogP) is 1.91. The largest absolute Gasteiger partial charge is 0.370 e. The number of pyridine rings is 1. The summed E-state index contributed by atoms with van der Waals surface area (Å²) in [6.07, 6.45) is 3.14. The Kier molecular flexibility index (Phi) is 6.70. The van der Waals surface area contributed by atoms with Crippen LogP contribution in [0.4, 0.5) is 5.82 Å². The molecular weight excluding hydrogens is 352 g/mol. The van der Waals surface area contributed by atoms with Gasteiger partial charge in [0.2, 0.25) is 10.0 Å².